The molecule has 0 saturated carbocycles. The van der Waals surface area contributed by atoms with Crippen molar-refractivity contribution in [2.45, 2.75) is 39.3 Å². The van der Waals surface area contributed by atoms with Crippen molar-refractivity contribution in [2.75, 3.05) is 6.61 Å². The number of rotatable bonds is 6. The summed E-state index contributed by atoms with van der Waals surface area (Å²) in [7, 11) is -1.05. The maximum absolute atomic E-state index is 11.0. The predicted molar refractivity (Wildman–Crippen MR) is 71.3 cm³/mol. The summed E-state index contributed by atoms with van der Waals surface area (Å²) in [6.07, 6.45) is 1.48. The molecule has 4 nitrogen and oxygen atoms in total. The van der Waals surface area contributed by atoms with Crippen LogP contribution in [0.3, 0.4) is 0 Å². The molecule has 0 radical (unpaired) electrons. The van der Waals surface area contributed by atoms with Crippen LogP contribution in [-0.4, -0.2) is 29.7 Å². The topological polar surface area (TPSA) is 44.1 Å². The van der Waals surface area contributed by atoms with Gasteiger partial charge in [-0.25, -0.2) is 4.68 Å². The summed E-state index contributed by atoms with van der Waals surface area (Å²) in [4.78, 5) is 11.0. The van der Waals surface area contributed by atoms with Crippen LogP contribution in [0.15, 0.2) is 6.20 Å². The molecule has 0 saturated heterocycles. The van der Waals surface area contributed by atoms with Gasteiger partial charge in [-0.3, -0.25) is 4.79 Å². The minimum Gasteiger partial charge on any atom is -0.360 e. The van der Waals surface area contributed by atoms with Gasteiger partial charge >= 0.3 is 0 Å². The van der Waals surface area contributed by atoms with E-state index in [4.69, 9.17) is 16.3 Å². The van der Waals surface area contributed by atoms with Crippen LogP contribution < -0.4 is 0 Å². The molecule has 0 aromatic carbocycles. The minimum absolute atomic E-state index is 0.375. The van der Waals surface area contributed by atoms with Gasteiger partial charge in [-0.15, -0.1) is 0 Å². The Morgan fingerprint density at radius 2 is 2.18 bits per heavy atom. The van der Waals surface area contributed by atoms with Crippen molar-refractivity contribution in [3.63, 3.8) is 0 Å². The Bertz CT molecular complexity index is 399. The average molecular weight is 275 g/mol. The highest BCUT2D eigenvalue weighted by Crippen LogP contribution is 2.11. The number of hydrogen-bond donors (Lipinski definition) is 0. The molecule has 0 aliphatic heterocycles. The summed E-state index contributed by atoms with van der Waals surface area (Å²) in [6, 6.07) is 1.12. The van der Waals surface area contributed by atoms with Gasteiger partial charge in [0, 0.05) is 14.7 Å². The fourth-order valence-corrected chi connectivity index (χ4v) is 2.24. The highest BCUT2D eigenvalue weighted by atomic mass is 35.5. The average Bonchev–Trinajstić information content (AvgIpc) is 2.53. The zero-order valence-corrected chi connectivity index (χ0v) is 12.5. The quantitative estimate of drug-likeness (QED) is 0.455. The predicted octanol–water partition coefficient (Wildman–Crippen LogP) is 2.88. The second-order valence-corrected chi connectivity index (χ2v) is 11.2. The van der Waals surface area contributed by atoms with Gasteiger partial charge in [0.05, 0.1) is 17.5 Å². The van der Waals surface area contributed by atoms with E-state index in [0.717, 1.165) is 18.3 Å². The van der Waals surface area contributed by atoms with Gasteiger partial charge in [0.1, 0.15) is 6.73 Å². The summed E-state index contributed by atoms with van der Waals surface area (Å²) >= 11 is 5.42. The van der Waals surface area contributed by atoms with Gasteiger partial charge in [-0.2, -0.15) is 5.10 Å². The van der Waals surface area contributed by atoms with E-state index in [1.54, 1.807) is 4.68 Å². The summed E-state index contributed by atoms with van der Waals surface area (Å²) < 4.78 is 7.20. The normalized spacial score (nSPS) is 11.8. The first-order chi connectivity index (χ1) is 7.81. The molecule has 0 fully saturated rings. The Balaban J connectivity index is 2.45. The molecule has 0 bridgehead atoms. The molecule has 0 amide bonds. The Labute approximate surface area is 108 Å². The van der Waals surface area contributed by atoms with Crippen LogP contribution in [0.2, 0.25) is 25.7 Å². The van der Waals surface area contributed by atoms with Crippen molar-refractivity contribution in [3.8, 4) is 0 Å². The zero-order chi connectivity index (χ0) is 13.1. The molecule has 1 heterocycles. The molecule has 17 heavy (non-hydrogen) atoms. The van der Waals surface area contributed by atoms with Crippen molar-refractivity contribution >= 4 is 24.9 Å². The summed E-state index contributed by atoms with van der Waals surface area (Å²) in [6.45, 7) is 9.84. The molecule has 0 atom stereocenters. The van der Waals surface area contributed by atoms with Gasteiger partial charge in [0.25, 0.3) is 5.24 Å². The molecule has 0 N–H and O–H groups in total. The summed E-state index contributed by atoms with van der Waals surface area (Å²) in [5, 5.41) is 3.59. The lowest BCUT2D eigenvalue weighted by molar-refractivity contribution is 0.0770. The molecule has 0 aliphatic carbocycles. The number of hydrogen-bond acceptors (Lipinski definition) is 3. The number of carbonyl (C=O) groups excluding carboxylic acids is 1. The lowest BCUT2D eigenvalue weighted by Gasteiger charge is -2.15. The Hall–Kier alpha value is -0.653. The summed E-state index contributed by atoms with van der Waals surface area (Å²) in [5.74, 6) is 0. The monoisotopic (exact) mass is 274 g/mol. The Morgan fingerprint density at radius 1 is 1.53 bits per heavy atom. The molecular weight excluding hydrogens is 256 g/mol. The molecule has 1 aromatic rings. The molecule has 0 unspecified atom stereocenters. The number of carbonyl (C=O) groups is 1. The van der Waals surface area contributed by atoms with E-state index >= 15 is 0 Å². The molecule has 1 rings (SSSR count). The number of ether oxygens (including phenoxy) is 1. The highest BCUT2D eigenvalue weighted by molar-refractivity contribution is 6.76. The van der Waals surface area contributed by atoms with Crippen LogP contribution in [0.5, 0.6) is 0 Å². The Kier molecular flexibility index (Phi) is 4.91. The van der Waals surface area contributed by atoms with Crippen LogP contribution in [0.4, 0.5) is 0 Å². The van der Waals surface area contributed by atoms with E-state index in [9.17, 15) is 4.79 Å². The Morgan fingerprint density at radius 3 is 2.65 bits per heavy atom. The fraction of sp³-hybridized carbons (Fsp3) is 0.636. The van der Waals surface area contributed by atoms with E-state index in [1.807, 2.05) is 6.92 Å². The minimum atomic E-state index is -1.05. The van der Waals surface area contributed by atoms with Gasteiger partial charge < -0.3 is 4.74 Å². The molecule has 96 valence electrons. The molecule has 0 aliphatic rings. The lowest BCUT2D eigenvalue weighted by Crippen LogP contribution is -2.22. The van der Waals surface area contributed by atoms with Crippen molar-refractivity contribution in [1.82, 2.24) is 9.78 Å². The van der Waals surface area contributed by atoms with E-state index in [-0.39, 0.29) is 0 Å². The maximum Gasteiger partial charge on any atom is 0.255 e. The summed E-state index contributed by atoms with van der Waals surface area (Å²) in [5.41, 5.74) is 1.19. The first-order valence-corrected chi connectivity index (χ1v) is 9.70. The lowest BCUT2D eigenvalue weighted by atomic mass is 10.3. The largest absolute Gasteiger partial charge is 0.360 e. The maximum atomic E-state index is 11.0. The van der Waals surface area contributed by atoms with Crippen molar-refractivity contribution in [2.24, 2.45) is 0 Å². The SMILES string of the molecule is Cc1c(C(=O)Cl)cnn1COCC[Si](C)(C)C. The third kappa shape index (κ3) is 4.61. The van der Waals surface area contributed by atoms with Crippen LogP contribution >= 0.6 is 11.6 Å². The van der Waals surface area contributed by atoms with Crippen LogP contribution in [0.25, 0.3) is 0 Å². The van der Waals surface area contributed by atoms with Gasteiger partial charge in [-0.05, 0) is 24.6 Å². The van der Waals surface area contributed by atoms with Crippen LogP contribution in [0, 0.1) is 6.92 Å². The first kappa shape index (κ1) is 14.4. The van der Waals surface area contributed by atoms with E-state index in [2.05, 4.69) is 24.7 Å². The second kappa shape index (κ2) is 5.80. The third-order valence-electron chi connectivity index (χ3n) is 2.52. The fourth-order valence-electron chi connectivity index (χ4n) is 1.30. The standard InChI is InChI=1S/C11H19ClN2O2Si/c1-9-10(11(12)15)7-13-14(9)8-16-5-6-17(2,3)4/h7H,5-6,8H2,1-4H3. The second-order valence-electron chi connectivity index (χ2n) is 5.26. The molecule has 1 aromatic heterocycles. The molecule has 0 spiro atoms. The van der Waals surface area contributed by atoms with E-state index in [1.165, 1.54) is 6.20 Å². The van der Waals surface area contributed by atoms with Crippen molar-refractivity contribution < 1.29 is 9.53 Å². The van der Waals surface area contributed by atoms with Gasteiger partial charge in [0.2, 0.25) is 0 Å². The smallest absolute Gasteiger partial charge is 0.255 e. The zero-order valence-electron chi connectivity index (χ0n) is 10.8. The number of aromatic nitrogens is 2. The van der Waals surface area contributed by atoms with Crippen LogP contribution in [0.1, 0.15) is 16.1 Å². The van der Waals surface area contributed by atoms with Gasteiger partial charge in [0.15, 0.2) is 0 Å². The number of nitrogens with zero attached hydrogens (tertiary/aromatic N) is 2. The molecular formula is C11H19ClN2O2Si. The number of halogens is 1. The first-order valence-electron chi connectivity index (χ1n) is 5.61. The highest BCUT2D eigenvalue weighted by Gasteiger charge is 2.14. The third-order valence-corrected chi connectivity index (χ3v) is 4.43. The van der Waals surface area contributed by atoms with E-state index < -0.39 is 13.3 Å². The molecule has 6 heteroatoms. The van der Waals surface area contributed by atoms with E-state index in [0.29, 0.717) is 12.3 Å². The van der Waals surface area contributed by atoms with Crippen LogP contribution in [-0.2, 0) is 11.5 Å². The van der Waals surface area contributed by atoms with Crippen molar-refractivity contribution in [3.05, 3.63) is 17.5 Å². The van der Waals surface area contributed by atoms with Gasteiger partial charge in [-0.1, -0.05) is 19.6 Å². The van der Waals surface area contributed by atoms with Crippen molar-refractivity contribution in [1.29, 1.82) is 0 Å².